The summed E-state index contributed by atoms with van der Waals surface area (Å²) in [5.74, 6) is 0.836. The standard InChI is InChI=1S/C13H15BrN4/c1-18(9-10-4-2-3-5-12(10)14)13-7-6-11(8-15)16-17-13/h2-7H,8-9,15H2,1H3. The van der Waals surface area contributed by atoms with Crippen molar-refractivity contribution < 1.29 is 0 Å². The molecule has 0 saturated heterocycles. The molecule has 0 fully saturated rings. The SMILES string of the molecule is CN(Cc1ccccc1Br)c1ccc(CN)nn1. The minimum absolute atomic E-state index is 0.418. The van der Waals surface area contributed by atoms with Crippen molar-refractivity contribution in [2.45, 2.75) is 13.1 Å². The Morgan fingerprint density at radius 3 is 2.56 bits per heavy atom. The predicted octanol–water partition coefficient (Wildman–Crippen LogP) is 2.33. The van der Waals surface area contributed by atoms with Gasteiger partial charge in [-0.1, -0.05) is 34.1 Å². The monoisotopic (exact) mass is 306 g/mol. The quantitative estimate of drug-likeness (QED) is 0.942. The number of nitrogens with two attached hydrogens (primary N) is 1. The fourth-order valence-electron chi connectivity index (χ4n) is 1.63. The highest BCUT2D eigenvalue weighted by Crippen LogP contribution is 2.19. The van der Waals surface area contributed by atoms with Crippen LogP contribution >= 0.6 is 15.9 Å². The Morgan fingerprint density at radius 2 is 1.94 bits per heavy atom. The van der Waals surface area contributed by atoms with E-state index in [0.717, 1.165) is 22.5 Å². The maximum atomic E-state index is 5.50. The van der Waals surface area contributed by atoms with Gasteiger partial charge in [0.05, 0.1) is 5.69 Å². The lowest BCUT2D eigenvalue weighted by Crippen LogP contribution is -2.18. The first-order chi connectivity index (χ1) is 8.70. The van der Waals surface area contributed by atoms with Crippen LogP contribution in [0.3, 0.4) is 0 Å². The lowest BCUT2D eigenvalue weighted by Gasteiger charge is -2.18. The average molecular weight is 307 g/mol. The van der Waals surface area contributed by atoms with Crippen LogP contribution in [0.4, 0.5) is 5.82 Å². The Bertz CT molecular complexity index is 513. The van der Waals surface area contributed by atoms with E-state index < -0.39 is 0 Å². The van der Waals surface area contributed by atoms with Gasteiger partial charge >= 0.3 is 0 Å². The van der Waals surface area contributed by atoms with E-state index in [1.807, 2.05) is 42.3 Å². The maximum Gasteiger partial charge on any atom is 0.151 e. The fraction of sp³-hybridized carbons (Fsp3) is 0.231. The highest BCUT2D eigenvalue weighted by Gasteiger charge is 2.06. The van der Waals surface area contributed by atoms with Crippen LogP contribution in [0.25, 0.3) is 0 Å². The molecule has 0 atom stereocenters. The molecule has 0 saturated carbocycles. The van der Waals surface area contributed by atoms with Crippen LogP contribution in [0, 0.1) is 0 Å². The van der Waals surface area contributed by atoms with Gasteiger partial charge in [0, 0.05) is 24.6 Å². The van der Waals surface area contributed by atoms with Crippen molar-refractivity contribution in [1.82, 2.24) is 10.2 Å². The molecule has 1 heterocycles. The van der Waals surface area contributed by atoms with Crippen molar-refractivity contribution >= 4 is 21.7 Å². The molecule has 2 aromatic rings. The van der Waals surface area contributed by atoms with E-state index in [-0.39, 0.29) is 0 Å². The summed E-state index contributed by atoms with van der Waals surface area (Å²) in [6, 6.07) is 12.0. The first-order valence-electron chi connectivity index (χ1n) is 5.68. The van der Waals surface area contributed by atoms with E-state index in [9.17, 15) is 0 Å². The third kappa shape index (κ3) is 3.05. The molecule has 94 valence electrons. The van der Waals surface area contributed by atoms with Crippen LogP contribution in [0.1, 0.15) is 11.3 Å². The predicted molar refractivity (Wildman–Crippen MR) is 76.2 cm³/mol. The van der Waals surface area contributed by atoms with E-state index in [0.29, 0.717) is 6.54 Å². The number of anilines is 1. The van der Waals surface area contributed by atoms with Crippen molar-refractivity contribution in [3.8, 4) is 0 Å². The summed E-state index contributed by atoms with van der Waals surface area (Å²) >= 11 is 3.54. The van der Waals surface area contributed by atoms with Gasteiger partial charge in [0.15, 0.2) is 5.82 Å². The third-order valence-corrected chi connectivity index (χ3v) is 3.44. The largest absolute Gasteiger partial charge is 0.354 e. The van der Waals surface area contributed by atoms with Gasteiger partial charge in [-0.25, -0.2) is 0 Å². The van der Waals surface area contributed by atoms with Gasteiger partial charge in [-0.3, -0.25) is 0 Å². The van der Waals surface area contributed by atoms with Crippen LogP contribution in [0.15, 0.2) is 40.9 Å². The normalized spacial score (nSPS) is 10.4. The molecular weight excluding hydrogens is 292 g/mol. The summed E-state index contributed by atoms with van der Waals surface area (Å²) in [5.41, 5.74) is 7.51. The molecule has 1 aromatic heterocycles. The van der Waals surface area contributed by atoms with E-state index in [4.69, 9.17) is 5.73 Å². The Hall–Kier alpha value is -1.46. The molecule has 0 aliphatic carbocycles. The van der Waals surface area contributed by atoms with Gasteiger partial charge in [-0.05, 0) is 23.8 Å². The number of hydrogen-bond donors (Lipinski definition) is 1. The lowest BCUT2D eigenvalue weighted by atomic mass is 10.2. The van der Waals surface area contributed by atoms with Crippen molar-refractivity contribution in [3.05, 3.63) is 52.1 Å². The molecule has 1 aromatic carbocycles. The van der Waals surface area contributed by atoms with Gasteiger partial charge < -0.3 is 10.6 Å². The zero-order valence-corrected chi connectivity index (χ0v) is 11.8. The fourth-order valence-corrected chi connectivity index (χ4v) is 2.04. The molecule has 2 N–H and O–H groups in total. The number of aromatic nitrogens is 2. The molecule has 18 heavy (non-hydrogen) atoms. The molecule has 0 aliphatic rings. The van der Waals surface area contributed by atoms with Crippen molar-refractivity contribution in [3.63, 3.8) is 0 Å². The van der Waals surface area contributed by atoms with E-state index >= 15 is 0 Å². The second-order valence-electron chi connectivity index (χ2n) is 4.03. The molecular formula is C13H15BrN4. The molecule has 4 nitrogen and oxygen atoms in total. The molecule has 0 bridgehead atoms. The maximum absolute atomic E-state index is 5.50. The zero-order valence-electron chi connectivity index (χ0n) is 10.2. The summed E-state index contributed by atoms with van der Waals surface area (Å²) in [5, 5.41) is 8.21. The summed E-state index contributed by atoms with van der Waals surface area (Å²) in [6.07, 6.45) is 0. The number of rotatable bonds is 4. The van der Waals surface area contributed by atoms with Crippen molar-refractivity contribution in [2.75, 3.05) is 11.9 Å². The lowest BCUT2D eigenvalue weighted by molar-refractivity contribution is 0.834. The van der Waals surface area contributed by atoms with Gasteiger partial charge in [-0.2, -0.15) is 5.10 Å². The highest BCUT2D eigenvalue weighted by atomic mass is 79.9. The first-order valence-corrected chi connectivity index (χ1v) is 6.47. The number of nitrogens with zero attached hydrogens (tertiary/aromatic N) is 3. The Kier molecular flexibility index (Phi) is 4.28. The van der Waals surface area contributed by atoms with Crippen molar-refractivity contribution in [1.29, 1.82) is 0 Å². The van der Waals surface area contributed by atoms with Gasteiger partial charge in [-0.15, -0.1) is 5.10 Å². The summed E-state index contributed by atoms with van der Waals surface area (Å²) < 4.78 is 1.10. The minimum Gasteiger partial charge on any atom is -0.354 e. The van der Waals surface area contributed by atoms with Crippen molar-refractivity contribution in [2.24, 2.45) is 5.73 Å². The van der Waals surface area contributed by atoms with Crippen LogP contribution in [-0.4, -0.2) is 17.2 Å². The summed E-state index contributed by atoms with van der Waals surface area (Å²) in [7, 11) is 1.99. The van der Waals surface area contributed by atoms with Crippen LogP contribution in [-0.2, 0) is 13.1 Å². The third-order valence-electron chi connectivity index (χ3n) is 2.67. The Balaban J connectivity index is 2.11. The molecule has 2 rings (SSSR count). The van der Waals surface area contributed by atoms with E-state index in [1.165, 1.54) is 5.56 Å². The summed E-state index contributed by atoms with van der Waals surface area (Å²) in [6.45, 7) is 1.19. The molecule has 0 spiro atoms. The number of benzene rings is 1. The topological polar surface area (TPSA) is 55.0 Å². The first kappa shape index (κ1) is 13.0. The van der Waals surface area contributed by atoms with Crippen LogP contribution in [0.2, 0.25) is 0 Å². The summed E-state index contributed by atoms with van der Waals surface area (Å²) in [4.78, 5) is 2.05. The Labute approximate surface area is 115 Å². The molecule has 5 heteroatoms. The van der Waals surface area contributed by atoms with Crippen LogP contribution < -0.4 is 10.6 Å². The van der Waals surface area contributed by atoms with Crippen LogP contribution in [0.5, 0.6) is 0 Å². The second kappa shape index (κ2) is 5.93. The molecule has 0 radical (unpaired) electrons. The van der Waals surface area contributed by atoms with Gasteiger partial charge in [0.25, 0.3) is 0 Å². The molecule has 0 unspecified atom stereocenters. The zero-order chi connectivity index (χ0) is 13.0. The molecule has 0 aliphatic heterocycles. The average Bonchev–Trinajstić information content (AvgIpc) is 2.41. The number of hydrogen-bond acceptors (Lipinski definition) is 4. The smallest absolute Gasteiger partial charge is 0.151 e. The Morgan fingerprint density at radius 1 is 1.17 bits per heavy atom. The number of halogens is 1. The van der Waals surface area contributed by atoms with E-state index in [1.54, 1.807) is 0 Å². The highest BCUT2D eigenvalue weighted by molar-refractivity contribution is 9.10. The van der Waals surface area contributed by atoms with Gasteiger partial charge in [0.2, 0.25) is 0 Å². The molecule has 0 amide bonds. The van der Waals surface area contributed by atoms with Gasteiger partial charge in [0.1, 0.15) is 0 Å². The van der Waals surface area contributed by atoms with E-state index in [2.05, 4.69) is 32.2 Å². The minimum atomic E-state index is 0.418. The second-order valence-corrected chi connectivity index (χ2v) is 4.89.